The zero-order valence-electron chi connectivity index (χ0n) is 10.6. The first kappa shape index (κ1) is 14.3. The molecule has 2 N–H and O–H groups in total. The average molecular weight is 283 g/mol. The van der Waals surface area contributed by atoms with Gasteiger partial charge in [0.05, 0.1) is 11.9 Å². The predicted octanol–water partition coefficient (Wildman–Crippen LogP) is 2.34. The Morgan fingerprint density at radius 1 is 1.37 bits per heavy atom. The molecule has 1 aliphatic carbocycles. The van der Waals surface area contributed by atoms with Crippen LogP contribution in [0.1, 0.15) is 25.7 Å². The van der Waals surface area contributed by atoms with Crippen molar-refractivity contribution in [3.63, 3.8) is 0 Å². The molecule has 0 bridgehead atoms. The molecule has 0 aliphatic heterocycles. The molecular weight excluding hydrogens is 265 g/mol. The quantitative estimate of drug-likeness (QED) is 0.834. The van der Waals surface area contributed by atoms with Crippen molar-refractivity contribution in [2.45, 2.75) is 42.7 Å². The van der Waals surface area contributed by atoms with Gasteiger partial charge in [0.25, 0.3) is 0 Å². The molecule has 1 saturated carbocycles. The van der Waals surface area contributed by atoms with Gasteiger partial charge in [-0.05, 0) is 49.9 Å². The summed E-state index contributed by atoms with van der Waals surface area (Å²) >= 11 is 1.39. The van der Waals surface area contributed by atoms with Crippen molar-refractivity contribution in [1.29, 1.82) is 0 Å². The zero-order chi connectivity index (χ0) is 13.7. The number of carbonyl (C=O) groups is 1. The molecule has 0 heterocycles. The second-order valence-corrected chi connectivity index (χ2v) is 5.88. The monoisotopic (exact) mass is 283 g/mol. The zero-order valence-corrected chi connectivity index (χ0v) is 11.5. The molecule has 5 heteroatoms. The highest BCUT2D eigenvalue weighted by Crippen LogP contribution is 2.20. The maximum Gasteiger partial charge on any atom is 0.230 e. The average Bonchev–Trinajstić information content (AvgIpc) is 2.38. The largest absolute Gasteiger partial charge is 0.393 e. The summed E-state index contributed by atoms with van der Waals surface area (Å²) in [5.74, 6) is 0.0107. The van der Waals surface area contributed by atoms with Gasteiger partial charge in [-0.2, -0.15) is 0 Å². The van der Waals surface area contributed by atoms with Gasteiger partial charge in [0.15, 0.2) is 0 Å². The van der Waals surface area contributed by atoms with Crippen molar-refractivity contribution in [2.24, 2.45) is 0 Å². The highest BCUT2D eigenvalue weighted by molar-refractivity contribution is 8.00. The lowest BCUT2D eigenvalue weighted by atomic mass is 9.93. The van der Waals surface area contributed by atoms with Crippen LogP contribution in [-0.4, -0.2) is 28.9 Å². The van der Waals surface area contributed by atoms with Crippen LogP contribution in [0.25, 0.3) is 0 Å². The molecule has 1 aromatic carbocycles. The summed E-state index contributed by atoms with van der Waals surface area (Å²) in [6.45, 7) is 0. The number of hydrogen-bond acceptors (Lipinski definition) is 3. The molecule has 1 aromatic rings. The van der Waals surface area contributed by atoms with Gasteiger partial charge in [-0.3, -0.25) is 4.79 Å². The summed E-state index contributed by atoms with van der Waals surface area (Å²) in [7, 11) is 0. The first-order chi connectivity index (χ1) is 9.13. The summed E-state index contributed by atoms with van der Waals surface area (Å²) < 4.78 is 12.7. The molecule has 2 rings (SSSR count). The Labute approximate surface area is 116 Å². The van der Waals surface area contributed by atoms with Crippen LogP contribution in [0.2, 0.25) is 0 Å². The van der Waals surface area contributed by atoms with Crippen LogP contribution >= 0.6 is 11.8 Å². The van der Waals surface area contributed by atoms with Crippen LogP contribution in [-0.2, 0) is 4.79 Å². The van der Waals surface area contributed by atoms with Crippen molar-refractivity contribution in [3.8, 4) is 0 Å². The van der Waals surface area contributed by atoms with Gasteiger partial charge in [0.2, 0.25) is 5.91 Å². The fourth-order valence-electron chi connectivity index (χ4n) is 2.24. The van der Waals surface area contributed by atoms with E-state index in [-0.39, 0.29) is 23.9 Å². The molecular formula is C14H18FNO2S. The minimum Gasteiger partial charge on any atom is -0.393 e. The van der Waals surface area contributed by atoms with E-state index in [0.717, 1.165) is 24.2 Å². The number of aliphatic hydroxyl groups excluding tert-OH is 1. The van der Waals surface area contributed by atoms with Gasteiger partial charge in [0, 0.05) is 10.9 Å². The number of halogens is 1. The van der Waals surface area contributed by atoms with Gasteiger partial charge in [0.1, 0.15) is 5.82 Å². The summed E-state index contributed by atoms with van der Waals surface area (Å²) in [5.41, 5.74) is 0. The third-order valence-corrected chi connectivity index (χ3v) is 4.21. The smallest absolute Gasteiger partial charge is 0.230 e. The predicted molar refractivity (Wildman–Crippen MR) is 73.5 cm³/mol. The number of carbonyl (C=O) groups excluding carboxylic acids is 1. The Morgan fingerprint density at radius 3 is 2.79 bits per heavy atom. The van der Waals surface area contributed by atoms with Gasteiger partial charge in [-0.25, -0.2) is 4.39 Å². The third-order valence-electron chi connectivity index (χ3n) is 3.20. The van der Waals surface area contributed by atoms with Gasteiger partial charge < -0.3 is 10.4 Å². The van der Waals surface area contributed by atoms with E-state index in [9.17, 15) is 14.3 Å². The highest BCUT2D eigenvalue weighted by Gasteiger charge is 2.21. The topological polar surface area (TPSA) is 49.3 Å². The molecule has 0 radical (unpaired) electrons. The number of amides is 1. The number of hydrogen-bond donors (Lipinski definition) is 2. The molecule has 2 unspecified atom stereocenters. The number of rotatable bonds is 4. The lowest BCUT2D eigenvalue weighted by Gasteiger charge is -2.26. The van der Waals surface area contributed by atoms with Crippen molar-refractivity contribution in [1.82, 2.24) is 5.32 Å². The van der Waals surface area contributed by atoms with Crippen molar-refractivity contribution in [2.75, 3.05) is 5.75 Å². The minimum atomic E-state index is -0.288. The lowest BCUT2D eigenvalue weighted by Crippen LogP contribution is -2.40. The summed E-state index contributed by atoms with van der Waals surface area (Å²) in [6, 6.07) is 6.19. The maximum atomic E-state index is 12.7. The van der Waals surface area contributed by atoms with Gasteiger partial charge in [-0.1, -0.05) is 0 Å². The Hall–Kier alpha value is -1.07. The molecule has 1 amide bonds. The highest BCUT2D eigenvalue weighted by atomic mass is 32.2. The van der Waals surface area contributed by atoms with E-state index in [0.29, 0.717) is 12.2 Å². The first-order valence-corrected chi connectivity index (χ1v) is 7.48. The van der Waals surface area contributed by atoms with Gasteiger partial charge in [-0.15, -0.1) is 11.8 Å². The van der Waals surface area contributed by atoms with E-state index >= 15 is 0 Å². The Bertz CT molecular complexity index is 424. The maximum absolute atomic E-state index is 12.7. The summed E-state index contributed by atoms with van der Waals surface area (Å²) in [4.78, 5) is 12.6. The Kier molecular flexibility index (Phi) is 5.22. The van der Waals surface area contributed by atoms with Crippen LogP contribution in [0.15, 0.2) is 29.2 Å². The van der Waals surface area contributed by atoms with E-state index in [1.807, 2.05) is 0 Å². The molecule has 104 valence electrons. The Morgan fingerprint density at radius 2 is 2.11 bits per heavy atom. The standard InChI is InChI=1S/C14H18FNO2S/c15-10-4-6-13(7-5-10)19-9-14(18)16-11-2-1-3-12(17)8-11/h4-7,11-12,17H,1-3,8-9H2,(H,16,18). The van der Waals surface area contributed by atoms with E-state index < -0.39 is 0 Å². The summed E-state index contributed by atoms with van der Waals surface area (Å²) in [5, 5.41) is 12.5. The lowest BCUT2D eigenvalue weighted by molar-refractivity contribution is -0.119. The molecule has 19 heavy (non-hydrogen) atoms. The SMILES string of the molecule is O=C(CSc1ccc(F)cc1)NC1CCCC(O)C1. The molecule has 2 atom stereocenters. The number of aliphatic hydroxyl groups is 1. The van der Waals surface area contributed by atoms with E-state index in [2.05, 4.69) is 5.32 Å². The second-order valence-electron chi connectivity index (χ2n) is 4.83. The van der Waals surface area contributed by atoms with Crippen LogP contribution in [0.3, 0.4) is 0 Å². The van der Waals surface area contributed by atoms with Crippen LogP contribution in [0.4, 0.5) is 4.39 Å². The molecule has 3 nitrogen and oxygen atoms in total. The normalized spacial score (nSPS) is 23.1. The van der Waals surface area contributed by atoms with E-state index in [4.69, 9.17) is 0 Å². The third kappa shape index (κ3) is 4.84. The minimum absolute atomic E-state index is 0.0339. The van der Waals surface area contributed by atoms with Crippen LogP contribution in [0.5, 0.6) is 0 Å². The van der Waals surface area contributed by atoms with Crippen molar-refractivity contribution in [3.05, 3.63) is 30.1 Å². The number of thioether (sulfide) groups is 1. The fraction of sp³-hybridized carbons (Fsp3) is 0.500. The van der Waals surface area contributed by atoms with E-state index in [1.165, 1.54) is 23.9 Å². The summed E-state index contributed by atoms with van der Waals surface area (Å²) in [6.07, 6.45) is 3.08. The second kappa shape index (κ2) is 6.91. The van der Waals surface area contributed by atoms with E-state index in [1.54, 1.807) is 12.1 Å². The molecule has 1 aliphatic rings. The molecule has 0 aromatic heterocycles. The number of nitrogens with one attached hydrogen (secondary N) is 1. The van der Waals surface area contributed by atoms with Crippen molar-refractivity contribution < 1.29 is 14.3 Å². The molecule has 0 spiro atoms. The molecule has 0 saturated heterocycles. The first-order valence-electron chi connectivity index (χ1n) is 6.49. The number of benzene rings is 1. The molecule has 1 fully saturated rings. The fourth-order valence-corrected chi connectivity index (χ4v) is 2.95. The Balaban J connectivity index is 1.73. The van der Waals surface area contributed by atoms with Crippen molar-refractivity contribution >= 4 is 17.7 Å². The van der Waals surface area contributed by atoms with Crippen LogP contribution in [0, 0.1) is 5.82 Å². The van der Waals surface area contributed by atoms with Crippen LogP contribution < -0.4 is 5.32 Å². The van der Waals surface area contributed by atoms with Gasteiger partial charge >= 0.3 is 0 Å².